The second kappa shape index (κ2) is 4.54. The fraction of sp³-hybridized carbons (Fsp3) is 0.571. The molecule has 0 spiro atoms. The fourth-order valence-electron chi connectivity index (χ4n) is 3.34. The second-order valence-electron chi connectivity index (χ2n) is 5.50. The van der Waals surface area contributed by atoms with Gasteiger partial charge in [-0.25, -0.2) is 9.97 Å². The highest BCUT2D eigenvalue weighted by molar-refractivity contribution is 5.61. The Kier molecular flexibility index (Phi) is 2.68. The van der Waals surface area contributed by atoms with E-state index in [1.54, 1.807) is 6.33 Å². The molecule has 2 aromatic rings. The van der Waals surface area contributed by atoms with E-state index in [0.717, 1.165) is 49.0 Å². The standard InChI is InChI=1S/C14H18N6/c1-2-5-12-17-18-14-10-6-3-4-7-19(10)13-11(20(12)14)8-15-9-16-13/h8-10H,2-7H2,1H3. The van der Waals surface area contributed by atoms with Gasteiger partial charge in [-0.1, -0.05) is 6.92 Å². The van der Waals surface area contributed by atoms with Crippen LogP contribution in [0.3, 0.4) is 0 Å². The molecule has 6 heteroatoms. The summed E-state index contributed by atoms with van der Waals surface area (Å²) < 4.78 is 2.19. The van der Waals surface area contributed by atoms with Crippen LogP contribution in [0.4, 0.5) is 5.82 Å². The lowest BCUT2D eigenvalue weighted by Crippen LogP contribution is -2.39. The normalized spacial score (nSPS) is 20.2. The average Bonchev–Trinajstić information content (AvgIpc) is 2.92. The van der Waals surface area contributed by atoms with Gasteiger partial charge in [-0.2, -0.15) is 0 Å². The number of piperidine rings is 1. The fourth-order valence-corrected chi connectivity index (χ4v) is 3.34. The quantitative estimate of drug-likeness (QED) is 0.836. The van der Waals surface area contributed by atoms with E-state index in [9.17, 15) is 0 Å². The molecule has 0 amide bonds. The first-order valence-corrected chi connectivity index (χ1v) is 7.41. The molecule has 2 aromatic heterocycles. The summed E-state index contributed by atoms with van der Waals surface area (Å²) in [5.41, 5.74) is 1.04. The molecule has 104 valence electrons. The third-order valence-electron chi connectivity index (χ3n) is 4.22. The zero-order valence-electron chi connectivity index (χ0n) is 11.7. The van der Waals surface area contributed by atoms with Crippen molar-refractivity contribution in [3.63, 3.8) is 0 Å². The van der Waals surface area contributed by atoms with Crippen LogP contribution in [-0.4, -0.2) is 31.3 Å². The van der Waals surface area contributed by atoms with Crippen molar-refractivity contribution in [3.8, 4) is 5.69 Å². The Hall–Kier alpha value is -1.98. The van der Waals surface area contributed by atoms with Crippen molar-refractivity contribution >= 4 is 5.82 Å². The van der Waals surface area contributed by atoms with Crippen molar-refractivity contribution in [2.75, 3.05) is 11.4 Å². The van der Waals surface area contributed by atoms with Crippen LogP contribution in [0.2, 0.25) is 0 Å². The van der Waals surface area contributed by atoms with E-state index in [2.05, 4.69) is 36.6 Å². The molecule has 0 N–H and O–H groups in total. The third-order valence-corrected chi connectivity index (χ3v) is 4.22. The maximum absolute atomic E-state index is 4.52. The van der Waals surface area contributed by atoms with Gasteiger partial charge in [0, 0.05) is 13.0 Å². The van der Waals surface area contributed by atoms with Crippen molar-refractivity contribution in [2.45, 2.75) is 45.1 Å². The summed E-state index contributed by atoms with van der Waals surface area (Å²) in [6.45, 7) is 3.21. The topological polar surface area (TPSA) is 59.7 Å². The minimum atomic E-state index is 0.323. The minimum absolute atomic E-state index is 0.323. The maximum Gasteiger partial charge on any atom is 0.160 e. The number of hydrogen-bond donors (Lipinski definition) is 0. The number of anilines is 1. The molecule has 1 fully saturated rings. The van der Waals surface area contributed by atoms with Gasteiger partial charge in [-0.05, 0) is 25.7 Å². The van der Waals surface area contributed by atoms with Gasteiger partial charge in [-0.15, -0.1) is 10.2 Å². The van der Waals surface area contributed by atoms with Crippen molar-refractivity contribution in [1.29, 1.82) is 0 Å². The van der Waals surface area contributed by atoms with Gasteiger partial charge in [0.15, 0.2) is 11.6 Å². The Bertz CT molecular complexity index is 634. The number of aromatic nitrogens is 5. The molecule has 0 aromatic carbocycles. The van der Waals surface area contributed by atoms with Crippen molar-refractivity contribution in [1.82, 2.24) is 24.7 Å². The maximum atomic E-state index is 4.52. The molecule has 1 unspecified atom stereocenters. The van der Waals surface area contributed by atoms with Crippen LogP contribution in [0, 0.1) is 0 Å². The average molecular weight is 270 g/mol. The van der Waals surface area contributed by atoms with Gasteiger partial charge in [0.2, 0.25) is 0 Å². The highest BCUT2D eigenvalue weighted by Gasteiger charge is 2.36. The predicted molar refractivity (Wildman–Crippen MR) is 74.9 cm³/mol. The minimum Gasteiger partial charge on any atom is -0.344 e. The molecule has 1 atom stereocenters. The lowest BCUT2D eigenvalue weighted by Gasteiger charge is -2.40. The van der Waals surface area contributed by atoms with Crippen LogP contribution in [0.15, 0.2) is 12.5 Å². The molecule has 6 nitrogen and oxygen atoms in total. The number of aryl methyl sites for hydroxylation is 1. The Labute approximate surface area is 117 Å². The lowest BCUT2D eigenvalue weighted by molar-refractivity contribution is 0.436. The lowest BCUT2D eigenvalue weighted by atomic mass is 9.99. The van der Waals surface area contributed by atoms with E-state index in [4.69, 9.17) is 0 Å². The predicted octanol–water partition coefficient (Wildman–Crippen LogP) is 2.05. The van der Waals surface area contributed by atoms with Crippen LogP contribution in [0.25, 0.3) is 5.69 Å². The summed E-state index contributed by atoms with van der Waals surface area (Å²) in [4.78, 5) is 11.1. The van der Waals surface area contributed by atoms with Crippen LogP contribution < -0.4 is 4.90 Å². The molecule has 0 saturated carbocycles. The first-order chi connectivity index (χ1) is 9.90. The smallest absolute Gasteiger partial charge is 0.160 e. The Morgan fingerprint density at radius 3 is 3.15 bits per heavy atom. The first-order valence-electron chi connectivity index (χ1n) is 7.41. The summed E-state index contributed by atoms with van der Waals surface area (Å²) in [6.07, 6.45) is 9.13. The Morgan fingerprint density at radius 1 is 1.30 bits per heavy atom. The van der Waals surface area contributed by atoms with E-state index in [-0.39, 0.29) is 0 Å². The highest BCUT2D eigenvalue weighted by Crippen LogP contribution is 2.41. The third kappa shape index (κ3) is 1.57. The van der Waals surface area contributed by atoms with Crippen LogP contribution in [-0.2, 0) is 6.42 Å². The van der Waals surface area contributed by atoms with E-state index in [1.807, 2.05) is 6.20 Å². The Morgan fingerprint density at radius 2 is 2.25 bits per heavy atom. The molecular formula is C14H18N6. The van der Waals surface area contributed by atoms with E-state index in [1.165, 1.54) is 12.8 Å². The van der Waals surface area contributed by atoms with Crippen molar-refractivity contribution in [3.05, 3.63) is 24.2 Å². The van der Waals surface area contributed by atoms with Crippen LogP contribution in [0.1, 0.15) is 50.3 Å². The monoisotopic (exact) mass is 270 g/mol. The molecule has 2 aliphatic heterocycles. The SMILES string of the molecule is CCCc1nnc2n1-c1cncnc1N1CCCCC21. The molecular weight excluding hydrogens is 252 g/mol. The van der Waals surface area contributed by atoms with Gasteiger partial charge in [0.1, 0.15) is 17.8 Å². The number of hydrogen-bond acceptors (Lipinski definition) is 5. The molecule has 0 radical (unpaired) electrons. The second-order valence-corrected chi connectivity index (χ2v) is 5.50. The number of fused-ring (bicyclic) bond motifs is 6. The molecule has 2 aliphatic rings. The van der Waals surface area contributed by atoms with Gasteiger partial charge in [0.05, 0.1) is 12.2 Å². The summed E-state index contributed by atoms with van der Waals surface area (Å²) in [5.74, 6) is 3.13. The largest absolute Gasteiger partial charge is 0.344 e. The summed E-state index contributed by atoms with van der Waals surface area (Å²) in [6, 6.07) is 0.323. The Balaban J connectivity index is 1.92. The van der Waals surface area contributed by atoms with Crippen LogP contribution >= 0.6 is 0 Å². The molecule has 1 saturated heterocycles. The molecule has 20 heavy (non-hydrogen) atoms. The number of rotatable bonds is 2. The zero-order chi connectivity index (χ0) is 13.5. The van der Waals surface area contributed by atoms with E-state index in [0.29, 0.717) is 6.04 Å². The zero-order valence-corrected chi connectivity index (χ0v) is 11.7. The summed E-state index contributed by atoms with van der Waals surface area (Å²) >= 11 is 0. The van der Waals surface area contributed by atoms with Gasteiger partial charge < -0.3 is 4.90 Å². The van der Waals surface area contributed by atoms with Gasteiger partial charge >= 0.3 is 0 Å². The van der Waals surface area contributed by atoms with E-state index < -0.39 is 0 Å². The van der Waals surface area contributed by atoms with Gasteiger partial charge in [0.25, 0.3) is 0 Å². The molecule has 0 bridgehead atoms. The highest BCUT2D eigenvalue weighted by atomic mass is 15.4. The van der Waals surface area contributed by atoms with Crippen LogP contribution in [0.5, 0.6) is 0 Å². The molecule has 4 rings (SSSR count). The number of nitrogens with zero attached hydrogens (tertiary/aromatic N) is 6. The van der Waals surface area contributed by atoms with E-state index >= 15 is 0 Å². The first kappa shape index (κ1) is 11.8. The van der Waals surface area contributed by atoms with Crippen molar-refractivity contribution in [2.24, 2.45) is 0 Å². The molecule has 4 heterocycles. The molecule has 0 aliphatic carbocycles. The summed E-state index contributed by atoms with van der Waals surface area (Å²) in [7, 11) is 0. The summed E-state index contributed by atoms with van der Waals surface area (Å²) in [5, 5.41) is 8.88. The van der Waals surface area contributed by atoms with Gasteiger partial charge in [-0.3, -0.25) is 4.57 Å². The van der Waals surface area contributed by atoms with Crippen molar-refractivity contribution < 1.29 is 0 Å².